The van der Waals surface area contributed by atoms with E-state index in [4.69, 9.17) is 23.1 Å². The van der Waals surface area contributed by atoms with Crippen LogP contribution in [0.5, 0.6) is 0 Å². The lowest BCUT2D eigenvalue weighted by Crippen LogP contribution is -2.60. The van der Waals surface area contributed by atoms with E-state index in [2.05, 4.69) is 0 Å². The van der Waals surface area contributed by atoms with Crippen LogP contribution in [-0.2, 0) is 0 Å². The van der Waals surface area contributed by atoms with Crippen molar-refractivity contribution in [1.82, 2.24) is 9.80 Å². The molecule has 1 fully saturated rings. The van der Waals surface area contributed by atoms with Gasteiger partial charge < -0.3 is 20.6 Å². The van der Waals surface area contributed by atoms with Gasteiger partial charge in [-0.15, -0.1) is 0 Å². The number of piperazine rings is 1. The molecule has 0 radical (unpaired) electrons. The Balaban J connectivity index is 2.72. The smallest absolute Gasteiger partial charge is 0.407 e. The Hall–Kier alpha value is -1.04. The number of hydrogen-bond acceptors (Lipinski definition) is 2. The number of nitrogens with two attached hydrogens (primary N) is 1. The highest BCUT2D eigenvalue weighted by Gasteiger charge is 2.32. The minimum atomic E-state index is -0.883. The maximum Gasteiger partial charge on any atom is 0.407 e. The molecule has 0 bridgehead atoms. The fourth-order valence-electron chi connectivity index (χ4n) is 1.91. The molecule has 14 heavy (non-hydrogen) atoms. The number of nitrogens with zero attached hydrogens (tertiary/aromatic N) is 2. The Morgan fingerprint density at radius 1 is 1.43 bits per heavy atom. The van der Waals surface area contributed by atoms with Crippen LogP contribution in [0.2, 0.25) is 0 Å². The summed E-state index contributed by atoms with van der Waals surface area (Å²) >= 11 is 4.91. The fraction of sp³-hybridized carbons (Fsp3) is 0.750. The van der Waals surface area contributed by atoms with Gasteiger partial charge in [0.05, 0.1) is 0 Å². The van der Waals surface area contributed by atoms with Crippen molar-refractivity contribution in [2.24, 2.45) is 5.73 Å². The molecule has 0 saturated carbocycles. The standard InChI is InChI=1S/C8H15N3O2S/c1-5-3-10(8(12)13)4-6(2)11(5)7(9)14/h5-6H,3-4H2,1-2H3,(H2,9,14)(H,12,13)/t5-,6-/m0/s1. The van der Waals surface area contributed by atoms with Crippen molar-refractivity contribution >= 4 is 23.4 Å². The summed E-state index contributed by atoms with van der Waals surface area (Å²) in [5.41, 5.74) is 5.56. The molecular formula is C8H15N3O2S. The van der Waals surface area contributed by atoms with Gasteiger partial charge in [-0.3, -0.25) is 0 Å². The van der Waals surface area contributed by atoms with E-state index < -0.39 is 6.09 Å². The Bertz CT molecular complexity index is 247. The molecule has 0 aliphatic carbocycles. The van der Waals surface area contributed by atoms with Gasteiger partial charge in [-0.25, -0.2) is 4.79 Å². The number of hydrogen-bond donors (Lipinski definition) is 2. The number of carboxylic acid groups (broad SMARTS) is 1. The van der Waals surface area contributed by atoms with Crippen LogP contribution in [0.25, 0.3) is 0 Å². The summed E-state index contributed by atoms with van der Waals surface area (Å²) in [6.07, 6.45) is -0.883. The lowest BCUT2D eigenvalue weighted by molar-refractivity contribution is 0.0811. The summed E-state index contributed by atoms with van der Waals surface area (Å²) < 4.78 is 0. The first-order valence-electron chi connectivity index (χ1n) is 4.49. The summed E-state index contributed by atoms with van der Waals surface area (Å²) in [6, 6.07) is 0.0969. The molecule has 80 valence electrons. The number of amides is 1. The summed E-state index contributed by atoms with van der Waals surface area (Å²) in [6.45, 7) is 4.75. The predicted molar refractivity (Wildman–Crippen MR) is 57.1 cm³/mol. The van der Waals surface area contributed by atoms with Crippen LogP contribution in [0.1, 0.15) is 13.8 Å². The topological polar surface area (TPSA) is 69.8 Å². The molecule has 1 heterocycles. The minimum Gasteiger partial charge on any atom is -0.465 e. The third-order valence-corrected chi connectivity index (χ3v) is 2.65. The van der Waals surface area contributed by atoms with Crippen molar-refractivity contribution in [1.29, 1.82) is 0 Å². The summed E-state index contributed by atoms with van der Waals surface area (Å²) in [5.74, 6) is 0. The summed E-state index contributed by atoms with van der Waals surface area (Å²) in [5, 5.41) is 9.18. The molecule has 1 saturated heterocycles. The highest BCUT2D eigenvalue weighted by atomic mass is 32.1. The molecule has 0 aromatic heterocycles. The SMILES string of the molecule is C[C@H]1CN(C(=O)O)C[C@H](C)N1C(N)=S. The third kappa shape index (κ3) is 2.06. The molecule has 1 aliphatic rings. The minimum absolute atomic E-state index is 0.0485. The largest absolute Gasteiger partial charge is 0.465 e. The zero-order chi connectivity index (χ0) is 10.9. The van der Waals surface area contributed by atoms with Gasteiger partial charge in [0.15, 0.2) is 5.11 Å². The van der Waals surface area contributed by atoms with Crippen LogP contribution in [-0.4, -0.2) is 51.3 Å². The van der Waals surface area contributed by atoms with Gasteiger partial charge in [0.25, 0.3) is 0 Å². The van der Waals surface area contributed by atoms with Crippen molar-refractivity contribution in [3.05, 3.63) is 0 Å². The van der Waals surface area contributed by atoms with Gasteiger partial charge in [0, 0.05) is 25.2 Å². The van der Waals surface area contributed by atoms with Gasteiger partial charge >= 0.3 is 6.09 Å². The lowest BCUT2D eigenvalue weighted by atomic mass is 10.1. The van der Waals surface area contributed by atoms with Crippen LogP contribution in [0, 0.1) is 0 Å². The highest BCUT2D eigenvalue weighted by molar-refractivity contribution is 7.80. The first-order chi connectivity index (χ1) is 6.43. The maximum atomic E-state index is 10.8. The normalized spacial score (nSPS) is 27.6. The maximum absolute atomic E-state index is 10.8. The van der Waals surface area contributed by atoms with E-state index in [1.165, 1.54) is 4.90 Å². The summed E-state index contributed by atoms with van der Waals surface area (Å²) in [7, 11) is 0. The second-order valence-electron chi connectivity index (χ2n) is 3.63. The van der Waals surface area contributed by atoms with E-state index in [0.29, 0.717) is 18.2 Å². The average molecular weight is 217 g/mol. The molecule has 5 nitrogen and oxygen atoms in total. The third-order valence-electron chi connectivity index (χ3n) is 2.44. The second kappa shape index (κ2) is 4.00. The monoisotopic (exact) mass is 217 g/mol. The van der Waals surface area contributed by atoms with Crippen LogP contribution >= 0.6 is 12.2 Å². The summed E-state index contributed by atoms with van der Waals surface area (Å²) in [4.78, 5) is 14.0. The van der Waals surface area contributed by atoms with E-state index in [1.54, 1.807) is 0 Å². The van der Waals surface area contributed by atoms with E-state index in [0.717, 1.165) is 0 Å². The molecule has 2 atom stereocenters. The zero-order valence-electron chi connectivity index (χ0n) is 8.30. The fourth-order valence-corrected chi connectivity index (χ4v) is 2.27. The van der Waals surface area contributed by atoms with Crippen LogP contribution in [0.4, 0.5) is 4.79 Å². The quantitative estimate of drug-likeness (QED) is 0.571. The molecule has 6 heteroatoms. The van der Waals surface area contributed by atoms with E-state index in [1.807, 2.05) is 18.7 Å². The molecule has 0 spiro atoms. The predicted octanol–water partition coefficient (Wildman–Crippen LogP) is 0.303. The van der Waals surface area contributed by atoms with Crippen molar-refractivity contribution < 1.29 is 9.90 Å². The molecular weight excluding hydrogens is 202 g/mol. The van der Waals surface area contributed by atoms with Gasteiger partial charge in [-0.2, -0.15) is 0 Å². The van der Waals surface area contributed by atoms with Gasteiger partial charge in [-0.1, -0.05) is 0 Å². The van der Waals surface area contributed by atoms with Crippen molar-refractivity contribution in [3.63, 3.8) is 0 Å². The van der Waals surface area contributed by atoms with Crippen LogP contribution < -0.4 is 5.73 Å². The molecule has 0 aromatic rings. The van der Waals surface area contributed by atoms with Crippen molar-refractivity contribution in [2.45, 2.75) is 25.9 Å². The van der Waals surface area contributed by atoms with E-state index >= 15 is 0 Å². The Kier molecular flexibility index (Phi) is 3.15. The number of thiocarbonyl (C=S) groups is 1. The molecule has 0 aromatic carbocycles. The Morgan fingerprint density at radius 3 is 2.14 bits per heavy atom. The zero-order valence-corrected chi connectivity index (χ0v) is 9.12. The van der Waals surface area contributed by atoms with E-state index in [9.17, 15) is 4.79 Å². The van der Waals surface area contributed by atoms with E-state index in [-0.39, 0.29) is 12.1 Å². The van der Waals surface area contributed by atoms with Gasteiger partial charge in [0.1, 0.15) is 0 Å². The average Bonchev–Trinajstić information content (AvgIpc) is 2.01. The lowest BCUT2D eigenvalue weighted by Gasteiger charge is -2.43. The van der Waals surface area contributed by atoms with Gasteiger partial charge in [0.2, 0.25) is 0 Å². The first kappa shape index (κ1) is 11.0. The van der Waals surface area contributed by atoms with Crippen LogP contribution in [0.15, 0.2) is 0 Å². The Labute approximate surface area is 88.5 Å². The molecule has 1 amide bonds. The molecule has 0 unspecified atom stereocenters. The molecule has 1 aliphatic heterocycles. The molecule has 1 rings (SSSR count). The first-order valence-corrected chi connectivity index (χ1v) is 4.90. The molecule has 3 N–H and O–H groups in total. The van der Waals surface area contributed by atoms with Crippen molar-refractivity contribution in [3.8, 4) is 0 Å². The highest BCUT2D eigenvalue weighted by Crippen LogP contribution is 2.15. The number of carbonyl (C=O) groups is 1. The second-order valence-corrected chi connectivity index (χ2v) is 4.05. The van der Waals surface area contributed by atoms with Gasteiger partial charge in [-0.05, 0) is 26.1 Å². The van der Waals surface area contributed by atoms with Crippen LogP contribution in [0.3, 0.4) is 0 Å². The van der Waals surface area contributed by atoms with Crippen molar-refractivity contribution in [2.75, 3.05) is 13.1 Å². The number of rotatable bonds is 0. The Morgan fingerprint density at radius 2 is 1.86 bits per heavy atom.